The van der Waals surface area contributed by atoms with E-state index in [2.05, 4.69) is 30.8 Å². The zero-order valence-corrected chi connectivity index (χ0v) is 14.1. The van der Waals surface area contributed by atoms with Gasteiger partial charge in [0.1, 0.15) is 12.4 Å². The molecule has 5 nitrogen and oxygen atoms in total. The Morgan fingerprint density at radius 2 is 1.71 bits per heavy atom. The van der Waals surface area contributed by atoms with Gasteiger partial charge in [0.05, 0.1) is 4.90 Å². The molecule has 0 aliphatic carbocycles. The number of sulfonamides is 1. The Morgan fingerprint density at radius 3 is 2.24 bits per heavy atom. The molecule has 21 heavy (non-hydrogen) atoms. The first kappa shape index (κ1) is 17.9. The van der Waals surface area contributed by atoms with Crippen LogP contribution in [0, 0.1) is 5.41 Å². The zero-order chi connectivity index (χ0) is 15.9. The van der Waals surface area contributed by atoms with Crippen LogP contribution in [0.25, 0.3) is 0 Å². The van der Waals surface area contributed by atoms with Gasteiger partial charge in [-0.15, -0.1) is 0 Å². The van der Waals surface area contributed by atoms with Crippen LogP contribution in [0.15, 0.2) is 29.2 Å². The van der Waals surface area contributed by atoms with E-state index in [1.165, 1.54) is 0 Å². The first-order chi connectivity index (χ1) is 9.74. The highest BCUT2D eigenvalue weighted by molar-refractivity contribution is 7.89. The van der Waals surface area contributed by atoms with Crippen molar-refractivity contribution in [1.82, 2.24) is 10.0 Å². The number of hydrogen-bond donors (Lipinski definition) is 2. The standard InChI is InChI=1S/C15H26N2O3S/c1-15(2,3)9-10-17-21(18,19)14-7-5-13(6-8-14)20-12-11-16-4/h5-8,16-17H,9-12H2,1-4H3. The molecular formula is C15H26N2O3S. The minimum Gasteiger partial charge on any atom is -0.492 e. The predicted octanol–water partition coefficient (Wildman–Crippen LogP) is 2.00. The molecule has 0 aliphatic rings. The molecule has 0 spiro atoms. The van der Waals surface area contributed by atoms with Crippen molar-refractivity contribution in [3.63, 3.8) is 0 Å². The van der Waals surface area contributed by atoms with E-state index in [1.807, 2.05) is 7.05 Å². The lowest BCUT2D eigenvalue weighted by Crippen LogP contribution is -2.27. The Bertz CT molecular complexity index is 519. The van der Waals surface area contributed by atoms with Gasteiger partial charge in [0.15, 0.2) is 0 Å². The fourth-order valence-corrected chi connectivity index (χ4v) is 2.66. The maximum atomic E-state index is 12.1. The van der Waals surface area contributed by atoms with Crippen molar-refractivity contribution in [3.05, 3.63) is 24.3 Å². The van der Waals surface area contributed by atoms with Crippen molar-refractivity contribution >= 4 is 10.0 Å². The van der Waals surface area contributed by atoms with Gasteiger partial charge in [0, 0.05) is 13.1 Å². The van der Waals surface area contributed by atoms with Gasteiger partial charge in [0.2, 0.25) is 10.0 Å². The van der Waals surface area contributed by atoms with Crippen LogP contribution in [-0.4, -0.2) is 35.2 Å². The molecule has 0 saturated carbocycles. The highest BCUT2D eigenvalue weighted by Gasteiger charge is 2.16. The summed E-state index contributed by atoms with van der Waals surface area (Å²) in [4.78, 5) is 0.261. The third-order valence-corrected chi connectivity index (χ3v) is 4.40. The van der Waals surface area contributed by atoms with Gasteiger partial charge in [-0.2, -0.15) is 0 Å². The molecule has 1 rings (SSSR count). The fraction of sp³-hybridized carbons (Fsp3) is 0.600. The van der Waals surface area contributed by atoms with E-state index in [-0.39, 0.29) is 10.3 Å². The number of nitrogens with one attached hydrogen (secondary N) is 2. The van der Waals surface area contributed by atoms with Gasteiger partial charge in [0.25, 0.3) is 0 Å². The molecule has 120 valence electrons. The van der Waals surface area contributed by atoms with Crippen LogP contribution in [-0.2, 0) is 10.0 Å². The molecule has 0 radical (unpaired) electrons. The number of benzene rings is 1. The molecule has 0 aromatic heterocycles. The third-order valence-electron chi connectivity index (χ3n) is 2.92. The summed E-state index contributed by atoms with van der Waals surface area (Å²) in [5.41, 5.74) is 0.105. The zero-order valence-electron chi connectivity index (χ0n) is 13.3. The molecular weight excluding hydrogens is 288 g/mol. The van der Waals surface area contributed by atoms with Crippen LogP contribution >= 0.6 is 0 Å². The molecule has 0 amide bonds. The molecule has 0 unspecified atom stereocenters. The highest BCUT2D eigenvalue weighted by Crippen LogP contribution is 2.19. The van der Waals surface area contributed by atoms with Crippen molar-refractivity contribution in [2.75, 3.05) is 26.7 Å². The number of ether oxygens (including phenoxy) is 1. The summed E-state index contributed by atoms with van der Waals surface area (Å²) in [6.07, 6.45) is 0.789. The minimum atomic E-state index is -3.44. The Balaban J connectivity index is 2.59. The SMILES string of the molecule is CNCCOc1ccc(S(=O)(=O)NCCC(C)(C)C)cc1. The first-order valence-corrected chi connectivity index (χ1v) is 8.60. The van der Waals surface area contributed by atoms with Crippen molar-refractivity contribution in [3.8, 4) is 5.75 Å². The second-order valence-corrected chi connectivity index (χ2v) is 7.90. The van der Waals surface area contributed by atoms with Gasteiger partial charge in [-0.05, 0) is 43.1 Å². The Kier molecular flexibility index (Phi) is 6.64. The van der Waals surface area contributed by atoms with E-state index in [4.69, 9.17) is 4.74 Å². The molecule has 0 heterocycles. The van der Waals surface area contributed by atoms with Gasteiger partial charge >= 0.3 is 0 Å². The van der Waals surface area contributed by atoms with Crippen LogP contribution in [0.5, 0.6) is 5.75 Å². The van der Waals surface area contributed by atoms with Crippen molar-refractivity contribution in [2.45, 2.75) is 32.1 Å². The summed E-state index contributed by atoms with van der Waals surface area (Å²) < 4.78 is 32.3. The highest BCUT2D eigenvalue weighted by atomic mass is 32.2. The number of hydrogen-bond acceptors (Lipinski definition) is 4. The van der Waals surface area contributed by atoms with Crippen LogP contribution in [0.2, 0.25) is 0 Å². The maximum Gasteiger partial charge on any atom is 0.240 e. The summed E-state index contributed by atoms with van der Waals surface area (Å²) in [5, 5.41) is 2.98. The van der Waals surface area contributed by atoms with Gasteiger partial charge in [-0.25, -0.2) is 13.1 Å². The lowest BCUT2D eigenvalue weighted by molar-refractivity contribution is 0.318. The molecule has 2 N–H and O–H groups in total. The Labute approximate surface area is 128 Å². The average molecular weight is 314 g/mol. The van der Waals surface area contributed by atoms with E-state index in [0.717, 1.165) is 13.0 Å². The van der Waals surface area contributed by atoms with Gasteiger partial charge in [-0.1, -0.05) is 20.8 Å². The quantitative estimate of drug-likeness (QED) is 0.720. The molecule has 1 aromatic rings. The number of likely N-dealkylation sites (N-methyl/N-ethyl adjacent to an activating group) is 1. The van der Waals surface area contributed by atoms with E-state index in [1.54, 1.807) is 24.3 Å². The predicted molar refractivity (Wildman–Crippen MR) is 85.1 cm³/mol. The molecule has 0 bridgehead atoms. The van der Waals surface area contributed by atoms with Gasteiger partial charge in [-0.3, -0.25) is 0 Å². The normalized spacial score (nSPS) is 12.4. The van der Waals surface area contributed by atoms with Crippen LogP contribution in [0.1, 0.15) is 27.2 Å². The monoisotopic (exact) mass is 314 g/mol. The molecule has 0 saturated heterocycles. The second kappa shape index (κ2) is 7.77. The summed E-state index contributed by atoms with van der Waals surface area (Å²) in [5.74, 6) is 0.666. The molecule has 0 fully saturated rings. The van der Waals surface area contributed by atoms with Crippen LogP contribution in [0.3, 0.4) is 0 Å². The molecule has 6 heteroatoms. The number of rotatable bonds is 8. The lowest BCUT2D eigenvalue weighted by atomic mass is 9.93. The van der Waals surface area contributed by atoms with E-state index in [9.17, 15) is 8.42 Å². The summed E-state index contributed by atoms with van der Waals surface area (Å²) in [6, 6.07) is 6.48. The van der Waals surface area contributed by atoms with E-state index >= 15 is 0 Å². The lowest BCUT2D eigenvalue weighted by Gasteiger charge is -2.18. The third kappa shape index (κ3) is 6.93. The second-order valence-electron chi connectivity index (χ2n) is 6.13. The van der Waals surface area contributed by atoms with Crippen LogP contribution < -0.4 is 14.8 Å². The summed E-state index contributed by atoms with van der Waals surface area (Å²) >= 11 is 0. The van der Waals surface area contributed by atoms with Crippen molar-refractivity contribution in [2.24, 2.45) is 5.41 Å². The van der Waals surface area contributed by atoms with E-state index in [0.29, 0.717) is 18.9 Å². The van der Waals surface area contributed by atoms with Crippen LogP contribution in [0.4, 0.5) is 0 Å². The Hall–Kier alpha value is -1.11. The maximum absolute atomic E-state index is 12.1. The molecule has 0 aliphatic heterocycles. The van der Waals surface area contributed by atoms with Crippen molar-refractivity contribution in [1.29, 1.82) is 0 Å². The smallest absolute Gasteiger partial charge is 0.240 e. The minimum absolute atomic E-state index is 0.105. The fourth-order valence-electron chi connectivity index (χ4n) is 1.63. The van der Waals surface area contributed by atoms with Gasteiger partial charge < -0.3 is 10.1 Å². The topological polar surface area (TPSA) is 67.4 Å². The molecule has 0 atom stereocenters. The summed E-state index contributed by atoms with van der Waals surface area (Å²) in [6.45, 7) is 7.98. The summed E-state index contributed by atoms with van der Waals surface area (Å²) in [7, 11) is -1.59. The average Bonchev–Trinajstić information content (AvgIpc) is 2.38. The van der Waals surface area contributed by atoms with E-state index < -0.39 is 10.0 Å². The van der Waals surface area contributed by atoms with Crippen molar-refractivity contribution < 1.29 is 13.2 Å². The molecule has 1 aromatic carbocycles. The largest absolute Gasteiger partial charge is 0.492 e. The Morgan fingerprint density at radius 1 is 1.10 bits per heavy atom. The first-order valence-electron chi connectivity index (χ1n) is 7.12.